The number of non-ortho nitro benzene ring substituents is 1. The molecule has 90 valence electrons. The van der Waals surface area contributed by atoms with Crippen LogP contribution in [0.25, 0.3) is 0 Å². The first-order valence-electron chi connectivity index (χ1n) is 4.52. The highest BCUT2D eigenvalue weighted by Gasteiger charge is 2.17. The fourth-order valence-electron chi connectivity index (χ4n) is 1.03. The lowest BCUT2D eigenvalue weighted by Gasteiger charge is -2.04. The Kier molecular flexibility index (Phi) is 4.17. The number of benzene rings is 1. The topological polar surface area (TPSA) is 86.5 Å². The van der Waals surface area contributed by atoms with E-state index >= 15 is 0 Å². The summed E-state index contributed by atoms with van der Waals surface area (Å²) in [5.41, 5.74) is -0.411. The average molecular weight is 258 g/mol. The van der Waals surface area contributed by atoms with Gasteiger partial charge in [0.05, 0.1) is 15.5 Å². The Morgan fingerprint density at radius 2 is 2.12 bits per heavy atom. The number of ketones is 1. The molecule has 0 atom stereocenters. The van der Waals surface area contributed by atoms with Gasteiger partial charge >= 0.3 is 5.97 Å². The van der Waals surface area contributed by atoms with Gasteiger partial charge in [-0.05, 0) is 13.0 Å². The quantitative estimate of drug-likeness (QED) is 0.468. The summed E-state index contributed by atoms with van der Waals surface area (Å²) >= 11 is 5.70. The Bertz CT molecular complexity index is 486. The van der Waals surface area contributed by atoms with E-state index in [4.69, 9.17) is 11.6 Å². The number of esters is 1. The van der Waals surface area contributed by atoms with Crippen molar-refractivity contribution in [3.8, 4) is 0 Å². The van der Waals surface area contributed by atoms with Crippen LogP contribution in [0.1, 0.15) is 17.3 Å². The van der Waals surface area contributed by atoms with Gasteiger partial charge in [-0.2, -0.15) is 0 Å². The fourth-order valence-corrected chi connectivity index (χ4v) is 1.22. The van der Waals surface area contributed by atoms with Crippen molar-refractivity contribution in [2.24, 2.45) is 0 Å². The van der Waals surface area contributed by atoms with Gasteiger partial charge in [-0.25, -0.2) is 4.79 Å². The highest BCUT2D eigenvalue weighted by atomic mass is 35.5. The third-order valence-electron chi connectivity index (χ3n) is 1.79. The van der Waals surface area contributed by atoms with Gasteiger partial charge in [-0.3, -0.25) is 14.9 Å². The number of carbonyl (C=O) groups is 2. The number of nitro benzene ring substituents is 1. The van der Waals surface area contributed by atoms with E-state index < -0.39 is 17.5 Å². The van der Waals surface area contributed by atoms with Crippen LogP contribution in [0.3, 0.4) is 0 Å². The molecule has 0 aliphatic carbocycles. The summed E-state index contributed by atoms with van der Waals surface area (Å²) in [5, 5.41) is 10.5. The van der Waals surface area contributed by atoms with Crippen molar-refractivity contribution in [2.45, 2.75) is 6.92 Å². The minimum atomic E-state index is -0.867. The first kappa shape index (κ1) is 13.1. The molecule has 0 N–H and O–H groups in total. The van der Waals surface area contributed by atoms with Crippen LogP contribution in [0.15, 0.2) is 18.2 Å². The highest BCUT2D eigenvalue weighted by molar-refractivity contribution is 6.33. The number of rotatable bonds is 4. The predicted molar refractivity (Wildman–Crippen MR) is 59.1 cm³/mol. The molecule has 0 saturated heterocycles. The van der Waals surface area contributed by atoms with Crippen LogP contribution in [0.5, 0.6) is 0 Å². The van der Waals surface area contributed by atoms with Crippen molar-refractivity contribution in [2.75, 3.05) is 6.61 Å². The normalized spacial score (nSPS) is 9.76. The van der Waals surface area contributed by atoms with E-state index in [2.05, 4.69) is 4.74 Å². The number of hydrogen-bond donors (Lipinski definition) is 0. The zero-order chi connectivity index (χ0) is 13.0. The molecule has 6 nitrogen and oxygen atoms in total. The Hall–Kier alpha value is -1.95. The summed E-state index contributed by atoms with van der Waals surface area (Å²) < 4.78 is 4.61. The van der Waals surface area contributed by atoms with E-state index in [1.165, 1.54) is 19.1 Å². The molecular weight excluding hydrogens is 250 g/mol. The van der Waals surface area contributed by atoms with Crippen LogP contribution in [0.4, 0.5) is 5.69 Å². The van der Waals surface area contributed by atoms with Gasteiger partial charge in [0, 0.05) is 12.1 Å². The standard InChI is InChI=1S/C10H8ClNO5/c1-6(13)5-17-10(14)8-4-7(12(15)16)2-3-9(8)11/h2-4H,5H2,1H3. The third kappa shape index (κ3) is 3.53. The molecule has 0 bridgehead atoms. The lowest BCUT2D eigenvalue weighted by molar-refractivity contribution is -0.384. The maximum atomic E-state index is 11.5. The number of hydrogen-bond acceptors (Lipinski definition) is 5. The molecule has 1 rings (SSSR count). The number of carbonyl (C=O) groups excluding carboxylic acids is 2. The molecule has 0 unspecified atom stereocenters. The van der Waals surface area contributed by atoms with E-state index in [0.29, 0.717) is 0 Å². The second kappa shape index (κ2) is 5.40. The lowest BCUT2D eigenvalue weighted by Crippen LogP contribution is -2.12. The predicted octanol–water partition coefficient (Wildman–Crippen LogP) is 1.99. The van der Waals surface area contributed by atoms with Gasteiger partial charge in [-0.1, -0.05) is 11.6 Å². The van der Waals surface area contributed by atoms with Gasteiger partial charge in [0.15, 0.2) is 5.78 Å². The van der Waals surface area contributed by atoms with Gasteiger partial charge in [0.2, 0.25) is 0 Å². The Morgan fingerprint density at radius 1 is 1.47 bits per heavy atom. The van der Waals surface area contributed by atoms with E-state index in [9.17, 15) is 19.7 Å². The van der Waals surface area contributed by atoms with Crippen molar-refractivity contribution in [3.63, 3.8) is 0 Å². The van der Waals surface area contributed by atoms with Gasteiger partial charge in [0.25, 0.3) is 5.69 Å². The average Bonchev–Trinajstić information content (AvgIpc) is 2.26. The number of nitrogens with zero attached hydrogens (tertiary/aromatic N) is 1. The molecule has 1 aromatic rings. The van der Waals surface area contributed by atoms with E-state index in [-0.39, 0.29) is 22.1 Å². The Morgan fingerprint density at radius 3 is 2.65 bits per heavy atom. The molecule has 0 aromatic heterocycles. The van der Waals surface area contributed by atoms with Crippen molar-refractivity contribution < 1.29 is 19.2 Å². The Balaban J connectivity index is 2.95. The summed E-state index contributed by atoms with van der Waals surface area (Å²) in [5.74, 6) is -1.20. The first-order valence-corrected chi connectivity index (χ1v) is 4.90. The summed E-state index contributed by atoms with van der Waals surface area (Å²) in [4.78, 5) is 31.9. The molecule has 0 aliphatic rings. The van der Waals surface area contributed by atoms with E-state index in [1.54, 1.807) is 0 Å². The molecule has 0 amide bonds. The summed E-state index contributed by atoms with van der Waals surface area (Å²) in [6.07, 6.45) is 0. The van der Waals surface area contributed by atoms with Crippen molar-refractivity contribution in [1.29, 1.82) is 0 Å². The largest absolute Gasteiger partial charge is 0.454 e. The minimum absolute atomic E-state index is 0.0316. The maximum absolute atomic E-state index is 11.5. The molecule has 0 radical (unpaired) electrons. The molecule has 0 spiro atoms. The Labute approximate surface area is 101 Å². The molecule has 7 heteroatoms. The van der Waals surface area contributed by atoms with Crippen LogP contribution in [0, 0.1) is 10.1 Å². The highest BCUT2D eigenvalue weighted by Crippen LogP contribution is 2.22. The van der Waals surface area contributed by atoms with Crippen LogP contribution in [0.2, 0.25) is 5.02 Å². The second-order valence-corrected chi connectivity index (χ2v) is 3.61. The monoisotopic (exact) mass is 257 g/mol. The summed E-state index contributed by atoms with van der Waals surface area (Å²) in [6.45, 7) is 0.861. The minimum Gasteiger partial charge on any atom is -0.454 e. The number of halogens is 1. The number of Topliss-reactive ketones (excluding diaryl/α,β-unsaturated/α-hetero) is 1. The second-order valence-electron chi connectivity index (χ2n) is 3.20. The van der Waals surface area contributed by atoms with Crippen molar-refractivity contribution >= 4 is 29.0 Å². The molecule has 17 heavy (non-hydrogen) atoms. The lowest BCUT2D eigenvalue weighted by atomic mass is 10.2. The van der Waals surface area contributed by atoms with Crippen LogP contribution in [-0.4, -0.2) is 23.3 Å². The van der Waals surface area contributed by atoms with Crippen molar-refractivity contribution in [1.82, 2.24) is 0 Å². The fraction of sp³-hybridized carbons (Fsp3) is 0.200. The molecule has 0 saturated carbocycles. The smallest absolute Gasteiger partial charge is 0.340 e. The number of nitro groups is 1. The molecule has 1 aromatic carbocycles. The van der Waals surface area contributed by atoms with Crippen LogP contribution in [-0.2, 0) is 9.53 Å². The van der Waals surface area contributed by atoms with Gasteiger partial charge < -0.3 is 4.74 Å². The van der Waals surface area contributed by atoms with E-state index in [0.717, 1.165) is 6.07 Å². The molecule has 0 heterocycles. The van der Waals surface area contributed by atoms with Crippen molar-refractivity contribution in [3.05, 3.63) is 38.9 Å². The van der Waals surface area contributed by atoms with Gasteiger partial charge in [-0.15, -0.1) is 0 Å². The SMILES string of the molecule is CC(=O)COC(=O)c1cc([N+](=O)[O-])ccc1Cl. The molecular formula is C10H8ClNO5. The zero-order valence-corrected chi connectivity index (χ0v) is 9.56. The molecule has 0 fully saturated rings. The maximum Gasteiger partial charge on any atom is 0.340 e. The van der Waals surface area contributed by atoms with Crippen LogP contribution >= 0.6 is 11.6 Å². The van der Waals surface area contributed by atoms with Gasteiger partial charge in [0.1, 0.15) is 6.61 Å². The summed E-state index contributed by atoms with van der Waals surface area (Å²) in [7, 11) is 0. The molecule has 0 aliphatic heterocycles. The summed E-state index contributed by atoms with van der Waals surface area (Å²) in [6, 6.07) is 3.40. The zero-order valence-electron chi connectivity index (χ0n) is 8.81. The first-order chi connectivity index (χ1) is 7.91. The van der Waals surface area contributed by atoms with Crippen LogP contribution < -0.4 is 0 Å². The van der Waals surface area contributed by atoms with E-state index in [1.807, 2.05) is 0 Å². The third-order valence-corrected chi connectivity index (χ3v) is 2.12. The number of ether oxygens (including phenoxy) is 1.